The minimum absolute atomic E-state index is 0.0440. The summed E-state index contributed by atoms with van der Waals surface area (Å²) in [6.45, 7) is 3.88. The molecule has 0 atom stereocenters. The molecule has 166 valence electrons. The lowest BCUT2D eigenvalue weighted by molar-refractivity contribution is 0.0946. The third-order valence-corrected chi connectivity index (χ3v) is 5.62. The van der Waals surface area contributed by atoms with Crippen LogP contribution in [0.5, 0.6) is 11.5 Å². The Morgan fingerprint density at radius 1 is 1.15 bits per heavy atom. The minimum Gasteiger partial charge on any atom is -0.453 e. The van der Waals surface area contributed by atoms with E-state index in [0.717, 1.165) is 22.0 Å². The van der Waals surface area contributed by atoms with Gasteiger partial charge in [0, 0.05) is 28.0 Å². The average molecular weight is 482 g/mol. The number of carbonyl (C=O) groups excluding carboxylic acids is 1. The first kappa shape index (κ1) is 22.7. The van der Waals surface area contributed by atoms with Crippen molar-refractivity contribution in [1.29, 1.82) is 5.26 Å². The van der Waals surface area contributed by atoms with Crippen molar-refractivity contribution < 1.29 is 13.9 Å². The second-order valence-corrected chi connectivity index (χ2v) is 8.49. The van der Waals surface area contributed by atoms with Crippen LogP contribution in [-0.2, 0) is 6.54 Å². The lowest BCUT2D eigenvalue weighted by Crippen LogP contribution is -2.23. The summed E-state index contributed by atoms with van der Waals surface area (Å²) >= 11 is 12.1. The third kappa shape index (κ3) is 4.80. The zero-order valence-electron chi connectivity index (χ0n) is 17.7. The maximum Gasteiger partial charge on any atom is 0.267 e. The smallest absolute Gasteiger partial charge is 0.267 e. The van der Waals surface area contributed by atoms with Crippen molar-refractivity contribution in [1.82, 2.24) is 10.3 Å². The Morgan fingerprint density at radius 2 is 1.94 bits per heavy atom. The number of carbonyl (C=O) groups is 1. The van der Waals surface area contributed by atoms with E-state index in [-0.39, 0.29) is 45.1 Å². The van der Waals surface area contributed by atoms with Gasteiger partial charge < -0.3 is 15.0 Å². The fraction of sp³-hybridized carbons (Fsp3) is 0.120. The quantitative estimate of drug-likeness (QED) is 0.328. The first-order valence-corrected chi connectivity index (χ1v) is 10.7. The van der Waals surface area contributed by atoms with E-state index in [9.17, 15) is 4.79 Å². The van der Waals surface area contributed by atoms with Crippen LogP contribution in [0.1, 0.15) is 32.7 Å². The molecule has 8 heteroatoms. The van der Waals surface area contributed by atoms with Gasteiger partial charge in [0.1, 0.15) is 11.4 Å². The van der Waals surface area contributed by atoms with Gasteiger partial charge in [0.25, 0.3) is 5.91 Å². The van der Waals surface area contributed by atoms with Crippen LogP contribution in [0, 0.1) is 31.0 Å². The summed E-state index contributed by atoms with van der Waals surface area (Å²) in [6.07, 6.45) is 0. The molecule has 5 nitrogen and oxygen atoms in total. The van der Waals surface area contributed by atoms with Crippen LogP contribution in [0.2, 0.25) is 10.0 Å². The Hall–Kier alpha value is -3.53. The molecule has 0 saturated heterocycles. The zero-order valence-corrected chi connectivity index (χ0v) is 19.2. The van der Waals surface area contributed by atoms with Crippen molar-refractivity contribution in [2.45, 2.75) is 20.4 Å². The highest BCUT2D eigenvalue weighted by atomic mass is 35.5. The van der Waals surface area contributed by atoms with Gasteiger partial charge >= 0.3 is 0 Å². The van der Waals surface area contributed by atoms with E-state index >= 15 is 4.39 Å². The van der Waals surface area contributed by atoms with Gasteiger partial charge in [0.15, 0.2) is 11.6 Å². The molecular formula is C25H18Cl2FN3O2. The van der Waals surface area contributed by atoms with Crippen molar-refractivity contribution in [3.05, 3.63) is 92.3 Å². The predicted molar refractivity (Wildman–Crippen MR) is 127 cm³/mol. The molecule has 0 fully saturated rings. The average Bonchev–Trinajstić information content (AvgIpc) is 3.20. The van der Waals surface area contributed by atoms with Crippen molar-refractivity contribution in [2.75, 3.05) is 0 Å². The third-order valence-electron chi connectivity index (χ3n) is 5.10. The first-order valence-electron chi connectivity index (χ1n) is 9.98. The van der Waals surface area contributed by atoms with Crippen LogP contribution in [0.15, 0.2) is 48.5 Å². The van der Waals surface area contributed by atoms with Crippen LogP contribution in [-0.4, -0.2) is 10.9 Å². The van der Waals surface area contributed by atoms with Gasteiger partial charge in [0.05, 0.1) is 16.7 Å². The molecule has 1 aromatic heterocycles. The number of H-pyrrole nitrogens is 1. The number of hydrogen-bond acceptors (Lipinski definition) is 3. The molecule has 4 rings (SSSR count). The van der Waals surface area contributed by atoms with E-state index in [2.05, 4.69) is 10.3 Å². The molecule has 1 amide bonds. The number of aryl methyl sites for hydroxylation is 2. The van der Waals surface area contributed by atoms with E-state index < -0.39 is 5.82 Å². The summed E-state index contributed by atoms with van der Waals surface area (Å²) in [7, 11) is 0. The number of fused-ring (bicyclic) bond motifs is 1. The largest absolute Gasteiger partial charge is 0.453 e. The monoisotopic (exact) mass is 481 g/mol. The number of rotatable bonds is 5. The summed E-state index contributed by atoms with van der Waals surface area (Å²) < 4.78 is 20.8. The first-order chi connectivity index (χ1) is 15.7. The standard InChI is InChI=1S/C25H18Cl2FN3O2/c1-13-5-14(2)23-17(6-13)9-21(31-23)25(32)30-12-16-3-4-20(27)24(22(16)28)33-19-8-15(11-29)7-18(26)10-19/h3-10,31H,12H2,1-2H3,(H,30,32). The summed E-state index contributed by atoms with van der Waals surface area (Å²) in [5.41, 5.74) is 3.86. The topological polar surface area (TPSA) is 77.9 Å². The van der Waals surface area contributed by atoms with Gasteiger partial charge in [-0.2, -0.15) is 5.26 Å². The number of nitriles is 1. The van der Waals surface area contributed by atoms with Crippen LogP contribution in [0.25, 0.3) is 10.9 Å². The van der Waals surface area contributed by atoms with Crippen LogP contribution < -0.4 is 10.1 Å². The maximum atomic E-state index is 15.2. The Kier molecular flexibility index (Phi) is 6.28. The van der Waals surface area contributed by atoms with E-state index in [1.54, 1.807) is 6.07 Å². The Balaban J connectivity index is 1.55. The molecule has 4 aromatic rings. The Morgan fingerprint density at radius 3 is 2.70 bits per heavy atom. The Labute approximate surface area is 199 Å². The molecule has 0 aliphatic heterocycles. The lowest BCUT2D eigenvalue weighted by Gasteiger charge is -2.13. The van der Waals surface area contributed by atoms with Crippen LogP contribution >= 0.6 is 23.2 Å². The van der Waals surface area contributed by atoms with Crippen molar-refractivity contribution in [3.63, 3.8) is 0 Å². The lowest BCUT2D eigenvalue weighted by atomic mass is 10.1. The normalized spacial score (nSPS) is 10.8. The second-order valence-electron chi connectivity index (χ2n) is 7.65. The molecule has 0 bridgehead atoms. The van der Waals surface area contributed by atoms with Gasteiger partial charge in [-0.05, 0) is 55.8 Å². The van der Waals surface area contributed by atoms with E-state index in [1.165, 1.54) is 30.3 Å². The van der Waals surface area contributed by atoms with Crippen LogP contribution in [0.4, 0.5) is 4.39 Å². The molecule has 0 spiro atoms. The van der Waals surface area contributed by atoms with Crippen molar-refractivity contribution in [2.24, 2.45) is 0 Å². The summed E-state index contributed by atoms with van der Waals surface area (Å²) in [4.78, 5) is 15.8. The van der Waals surface area contributed by atoms with Gasteiger partial charge in [0.2, 0.25) is 0 Å². The highest BCUT2D eigenvalue weighted by Crippen LogP contribution is 2.35. The number of nitrogens with zero attached hydrogens (tertiary/aromatic N) is 1. The minimum atomic E-state index is -0.718. The Bertz CT molecular complexity index is 1440. The SMILES string of the molecule is Cc1cc(C)c2[nH]c(C(=O)NCc3ccc(Cl)c(Oc4cc(Cl)cc(C#N)c4)c3F)cc2c1. The number of ether oxygens (including phenoxy) is 1. The highest BCUT2D eigenvalue weighted by Gasteiger charge is 2.17. The fourth-order valence-electron chi connectivity index (χ4n) is 3.61. The zero-order chi connectivity index (χ0) is 23.7. The molecule has 0 saturated carbocycles. The molecule has 0 unspecified atom stereocenters. The maximum absolute atomic E-state index is 15.2. The van der Waals surface area contributed by atoms with Gasteiger partial charge in [-0.3, -0.25) is 4.79 Å². The number of halogens is 3. The van der Waals surface area contributed by atoms with E-state index in [0.29, 0.717) is 5.69 Å². The molecule has 0 radical (unpaired) electrons. The number of amides is 1. The fourth-order valence-corrected chi connectivity index (χ4v) is 4.02. The number of aromatic amines is 1. The van der Waals surface area contributed by atoms with Gasteiger partial charge in [-0.15, -0.1) is 0 Å². The predicted octanol–water partition coefficient (Wildman–Crippen LogP) is 6.82. The number of nitrogens with one attached hydrogen (secondary N) is 2. The van der Waals surface area contributed by atoms with E-state index in [4.69, 9.17) is 33.2 Å². The van der Waals surface area contributed by atoms with Gasteiger partial charge in [-0.25, -0.2) is 4.39 Å². The number of aromatic nitrogens is 1. The molecular weight excluding hydrogens is 464 g/mol. The van der Waals surface area contributed by atoms with Crippen molar-refractivity contribution >= 4 is 40.0 Å². The van der Waals surface area contributed by atoms with Gasteiger partial charge in [-0.1, -0.05) is 40.9 Å². The highest BCUT2D eigenvalue weighted by molar-refractivity contribution is 6.32. The molecule has 2 N–H and O–H groups in total. The van der Waals surface area contributed by atoms with E-state index in [1.807, 2.05) is 32.0 Å². The second kappa shape index (κ2) is 9.14. The van der Waals surface area contributed by atoms with Crippen molar-refractivity contribution in [3.8, 4) is 17.6 Å². The molecule has 3 aromatic carbocycles. The molecule has 0 aliphatic carbocycles. The molecule has 1 heterocycles. The number of hydrogen-bond donors (Lipinski definition) is 2. The summed E-state index contributed by atoms with van der Waals surface area (Å²) in [6, 6.07) is 15.0. The van der Waals surface area contributed by atoms with Crippen LogP contribution in [0.3, 0.4) is 0 Å². The molecule has 33 heavy (non-hydrogen) atoms. The summed E-state index contributed by atoms with van der Waals surface area (Å²) in [5.74, 6) is -1.13. The molecule has 0 aliphatic rings. The number of benzene rings is 3. The summed E-state index contributed by atoms with van der Waals surface area (Å²) in [5, 5.41) is 13.1.